The van der Waals surface area contributed by atoms with Crippen LogP contribution in [-0.2, 0) is 14.8 Å². The number of sulfonamides is 1. The molecule has 0 aromatic heterocycles. The van der Waals surface area contributed by atoms with Crippen LogP contribution in [0.4, 0.5) is 17.1 Å². The molecule has 2 aromatic carbocycles. The maximum absolute atomic E-state index is 13.1. The SMILES string of the molecule is O=C(CCC1CCCCC1)Nc1cc(S(=O)(=O)Nc2ccccc2Cl)ccc1N1CCCC1. The molecule has 0 unspecified atom stereocenters. The van der Waals surface area contributed by atoms with Crippen LogP contribution >= 0.6 is 11.6 Å². The summed E-state index contributed by atoms with van der Waals surface area (Å²) in [7, 11) is -3.87. The van der Waals surface area contributed by atoms with Crippen molar-refractivity contribution in [1.29, 1.82) is 0 Å². The third-order valence-corrected chi connectivity index (χ3v) is 8.31. The van der Waals surface area contributed by atoms with Crippen molar-refractivity contribution in [3.05, 3.63) is 47.5 Å². The molecule has 0 radical (unpaired) electrons. The number of carbonyl (C=O) groups is 1. The molecule has 4 rings (SSSR count). The maximum atomic E-state index is 13.1. The summed E-state index contributed by atoms with van der Waals surface area (Å²) < 4.78 is 28.7. The van der Waals surface area contributed by atoms with Crippen LogP contribution in [0.1, 0.15) is 57.8 Å². The Morgan fingerprint density at radius 2 is 1.70 bits per heavy atom. The second-order valence-electron chi connectivity index (χ2n) is 9.05. The third kappa shape index (κ3) is 6.21. The summed E-state index contributed by atoms with van der Waals surface area (Å²) in [5.41, 5.74) is 1.74. The Kier molecular flexibility index (Phi) is 7.81. The van der Waals surface area contributed by atoms with E-state index in [1.54, 1.807) is 42.5 Å². The molecule has 2 N–H and O–H groups in total. The van der Waals surface area contributed by atoms with Crippen molar-refractivity contribution in [2.75, 3.05) is 28.0 Å². The Morgan fingerprint density at radius 3 is 2.42 bits per heavy atom. The van der Waals surface area contributed by atoms with E-state index >= 15 is 0 Å². The fourth-order valence-electron chi connectivity index (χ4n) is 4.79. The summed E-state index contributed by atoms with van der Waals surface area (Å²) in [6.45, 7) is 1.80. The molecule has 8 heteroatoms. The van der Waals surface area contributed by atoms with Crippen molar-refractivity contribution in [3.8, 4) is 0 Å². The van der Waals surface area contributed by atoms with Gasteiger partial charge in [-0.15, -0.1) is 0 Å². The lowest BCUT2D eigenvalue weighted by atomic mass is 9.86. The van der Waals surface area contributed by atoms with Crippen molar-refractivity contribution in [2.45, 2.75) is 62.7 Å². The Bertz CT molecular complexity index is 1080. The van der Waals surface area contributed by atoms with Crippen LogP contribution in [0.25, 0.3) is 0 Å². The van der Waals surface area contributed by atoms with E-state index in [0.717, 1.165) is 38.0 Å². The van der Waals surface area contributed by atoms with E-state index in [4.69, 9.17) is 11.6 Å². The maximum Gasteiger partial charge on any atom is 0.262 e. The van der Waals surface area contributed by atoms with Gasteiger partial charge < -0.3 is 10.2 Å². The molecule has 33 heavy (non-hydrogen) atoms. The largest absolute Gasteiger partial charge is 0.370 e. The normalized spacial score (nSPS) is 17.2. The van der Waals surface area contributed by atoms with E-state index in [0.29, 0.717) is 28.7 Å². The second kappa shape index (κ2) is 10.8. The molecule has 6 nitrogen and oxygen atoms in total. The summed E-state index contributed by atoms with van der Waals surface area (Å²) in [6, 6.07) is 11.7. The lowest BCUT2D eigenvalue weighted by molar-refractivity contribution is -0.116. The van der Waals surface area contributed by atoms with Crippen molar-refractivity contribution < 1.29 is 13.2 Å². The van der Waals surface area contributed by atoms with E-state index < -0.39 is 10.0 Å². The first kappa shape index (κ1) is 23.9. The van der Waals surface area contributed by atoms with Gasteiger partial charge in [0.05, 0.1) is 27.0 Å². The Labute approximate surface area is 201 Å². The summed E-state index contributed by atoms with van der Waals surface area (Å²) in [6.07, 6.45) is 9.72. The first-order valence-electron chi connectivity index (χ1n) is 11.9. The lowest BCUT2D eigenvalue weighted by Gasteiger charge is -2.23. The molecule has 1 heterocycles. The highest BCUT2D eigenvalue weighted by atomic mass is 35.5. The van der Waals surface area contributed by atoms with E-state index in [2.05, 4.69) is 14.9 Å². The summed E-state index contributed by atoms with van der Waals surface area (Å²) in [5, 5.41) is 3.34. The van der Waals surface area contributed by atoms with Crippen molar-refractivity contribution in [3.63, 3.8) is 0 Å². The van der Waals surface area contributed by atoms with E-state index in [1.807, 2.05) is 0 Å². The lowest BCUT2D eigenvalue weighted by Crippen LogP contribution is -2.22. The van der Waals surface area contributed by atoms with Gasteiger partial charge in [0, 0.05) is 19.5 Å². The third-order valence-electron chi connectivity index (χ3n) is 6.62. The highest BCUT2D eigenvalue weighted by Crippen LogP contribution is 2.33. The minimum atomic E-state index is -3.87. The number of nitrogens with one attached hydrogen (secondary N) is 2. The molecule has 2 fully saturated rings. The van der Waals surface area contributed by atoms with Gasteiger partial charge >= 0.3 is 0 Å². The van der Waals surface area contributed by atoms with Gasteiger partial charge in [0.2, 0.25) is 5.91 Å². The molecule has 1 aliphatic carbocycles. The number of hydrogen-bond donors (Lipinski definition) is 2. The van der Waals surface area contributed by atoms with Crippen LogP contribution in [0, 0.1) is 5.92 Å². The number of carbonyl (C=O) groups excluding carboxylic acids is 1. The van der Waals surface area contributed by atoms with Gasteiger partial charge in [-0.25, -0.2) is 8.42 Å². The van der Waals surface area contributed by atoms with Crippen LogP contribution in [0.15, 0.2) is 47.4 Å². The number of anilines is 3. The van der Waals surface area contributed by atoms with E-state index in [-0.39, 0.29) is 10.8 Å². The highest BCUT2D eigenvalue weighted by Gasteiger charge is 2.22. The number of rotatable bonds is 8. The fourth-order valence-corrected chi connectivity index (χ4v) is 6.13. The zero-order valence-corrected chi connectivity index (χ0v) is 20.4. The molecule has 1 aliphatic heterocycles. The number of halogens is 1. The first-order chi connectivity index (χ1) is 15.9. The minimum Gasteiger partial charge on any atom is -0.370 e. The van der Waals surface area contributed by atoms with Crippen LogP contribution in [0.2, 0.25) is 5.02 Å². The molecular formula is C25H32ClN3O3S. The zero-order valence-electron chi connectivity index (χ0n) is 18.9. The molecule has 2 aliphatic rings. The first-order valence-corrected chi connectivity index (χ1v) is 13.7. The van der Waals surface area contributed by atoms with Gasteiger partial charge in [-0.1, -0.05) is 55.8 Å². The minimum absolute atomic E-state index is 0.0605. The Morgan fingerprint density at radius 1 is 0.970 bits per heavy atom. The van der Waals surface area contributed by atoms with Crippen LogP contribution in [0.5, 0.6) is 0 Å². The molecule has 0 spiro atoms. The van der Waals surface area contributed by atoms with Crippen LogP contribution in [-0.4, -0.2) is 27.4 Å². The quantitative estimate of drug-likeness (QED) is 0.473. The highest BCUT2D eigenvalue weighted by molar-refractivity contribution is 7.92. The molecule has 1 saturated carbocycles. The number of amides is 1. The average molecular weight is 490 g/mol. The number of benzene rings is 2. The summed E-state index contributed by atoms with van der Waals surface area (Å²) in [5.74, 6) is 0.559. The monoisotopic (exact) mass is 489 g/mol. The molecule has 1 saturated heterocycles. The van der Waals surface area contributed by atoms with Gasteiger partial charge in [-0.3, -0.25) is 9.52 Å². The molecule has 178 valence electrons. The van der Waals surface area contributed by atoms with Gasteiger partial charge in [0.1, 0.15) is 0 Å². The molecule has 2 aromatic rings. The van der Waals surface area contributed by atoms with Crippen LogP contribution < -0.4 is 14.9 Å². The van der Waals surface area contributed by atoms with E-state index in [9.17, 15) is 13.2 Å². The fraction of sp³-hybridized carbons (Fsp3) is 0.480. The Balaban J connectivity index is 1.53. The second-order valence-corrected chi connectivity index (χ2v) is 11.1. The van der Waals surface area contributed by atoms with Gasteiger partial charge in [-0.2, -0.15) is 0 Å². The number of para-hydroxylation sites is 1. The molecule has 0 atom stereocenters. The van der Waals surface area contributed by atoms with Crippen molar-refractivity contribution in [1.82, 2.24) is 0 Å². The molecule has 1 amide bonds. The van der Waals surface area contributed by atoms with E-state index in [1.165, 1.54) is 32.1 Å². The average Bonchev–Trinajstić information content (AvgIpc) is 3.34. The van der Waals surface area contributed by atoms with Gasteiger partial charge in [0.15, 0.2) is 0 Å². The smallest absolute Gasteiger partial charge is 0.262 e. The van der Waals surface area contributed by atoms with Gasteiger partial charge in [-0.05, 0) is 55.5 Å². The standard InChI is InChI=1S/C25H32ClN3O3S/c26-21-10-4-5-11-22(21)28-33(31,32)20-13-14-24(29-16-6-7-17-29)23(18-20)27-25(30)15-12-19-8-2-1-3-9-19/h4-5,10-11,13-14,18-19,28H,1-3,6-9,12,15-17H2,(H,27,30). The van der Waals surface area contributed by atoms with Crippen molar-refractivity contribution in [2.24, 2.45) is 5.92 Å². The zero-order chi connectivity index (χ0) is 23.3. The predicted molar refractivity (Wildman–Crippen MR) is 135 cm³/mol. The van der Waals surface area contributed by atoms with Gasteiger partial charge in [0.25, 0.3) is 10.0 Å². The summed E-state index contributed by atoms with van der Waals surface area (Å²) in [4.78, 5) is 15.1. The molecular weight excluding hydrogens is 458 g/mol. The van der Waals surface area contributed by atoms with Crippen molar-refractivity contribution >= 4 is 44.6 Å². The summed E-state index contributed by atoms with van der Waals surface area (Å²) >= 11 is 6.14. The predicted octanol–water partition coefficient (Wildman–Crippen LogP) is 6.04. The molecule has 0 bridgehead atoms. The topological polar surface area (TPSA) is 78.5 Å². The number of hydrogen-bond acceptors (Lipinski definition) is 4. The van der Waals surface area contributed by atoms with Crippen LogP contribution in [0.3, 0.4) is 0 Å². The number of nitrogens with zero attached hydrogens (tertiary/aromatic N) is 1. The Hall–Kier alpha value is -2.25.